The second-order valence-electron chi connectivity index (χ2n) is 8.63. The van der Waals surface area contributed by atoms with Crippen molar-refractivity contribution >= 4 is 10.0 Å². The summed E-state index contributed by atoms with van der Waals surface area (Å²) in [4.78, 5) is 13.4. The smallest absolute Gasteiger partial charge is 0.258 e. The average molecular weight is 446 g/mol. The number of hydrogen-bond donors (Lipinski definition) is 0. The van der Waals surface area contributed by atoms with Crippen LogP contribution in [-0.2, 0) is 16.6 Å². The van der Waals surface area contributed by atoms with Gasteiger partial charge in [0.05, 0.1) is 10.5 Å². The van der Waals surface area contributed by atoms with E-state index < -0.39 is 10.0 Å². The highest BCUT2D eigenvalue weighted by Crippen LogP contribution is 2.38. The lowest BCUT2D eigenvalue weighted by Gasteiger charge is -2.42. The zero-order valence-electron chi connectivity index (χ0n) is 17.7. The van der Waals surface area contributed by atoms with Crippen LogP contribution in [0.3, 0.4) is 0 Å². The fourth-order valence-corrected chi connectivity index (χ4v) is 6.80. The second-order valence-corrected chi connectivity index (χ2v) is 10.5. The van der Waals surface area contributed by atoms with Gasteiger partial charge in [-0.25, -0.2) is 8.42 Å². The highest BCUT2D eigenvalue weighted by Gasteiger charge is 2.40. The van der Waals surface area contributed by atoms with Crippen molar-refractivity contribution in [3.63, 3.8) is 0 Å². The third-order valence-corrected chi connectivity index (χ3v) is 8.52. The number of nitriles is 1. The van der Waals surface area contributed by atoms with Gasteiger partial charge in [-0.3, -0.25) is 4.79 Å². The lowest BCUT2D eigenvalue weighted by atomic mass is 9.83. The van der Waals surface area contributed by atoms with Gasteiger partial charge in [0.15, 0.2) is 0 Å². The number of piperidine rings is 1. The normalized spacial score (nSPS) is 20.4. The molecule has 0 unspecified atom stereocenters. The Morgan fingerprint density at radius 3 is 2.47 bits per heavy atom. The van der Waals surface area contributed by atoms with Gasteiger partial charge in [-0.2, -0.15) is 9.57 Å². The molecule has 0 saturated carbocycles. The van der Waals surface area contributed by atoms with Gasteiger partial charge in [0.25, 0.3) is 5.56 Å². The van der Waals surface area contributed by atoms with Crippen LogP contribution in [-0.4, -0.2) is 30.4 Å². The first kappa shape index (κ1) is 20.7. The zero-order chi connectivity index (χ0) is 22.5. The van der Waals surface area contributed by atoms with E-state index in [1.54, 1.807) is 12.1 Å². The average Bonchev–Trinajstić information content (AvgIpc) is 2.80. The summed E-state index contributed by atoms with van der Waals surface area (Å²) in [6.45, 7) is 3.15. The van der Waals surface area contributed by atoms with Gasteiger partial charge < -0.3 is 4.57 Å². The van der Waals surface area contributed by atoms with Crippen LogP contribution in [0.1, 0.15) is 29.2 Å². The van der Waals surface area contributed by atoms with Crippen molar-refractivity contribution in [2.24, 2.45) is 5.92 Å². The Morgan fingerprint density at radius 2 is 1.69 bits per heavy atom. The van der Waals surface area contributed by atoms with Crippen molar-refractivity contribution in [1.29, 1.82) is 5.26 Å². The molecule has 1 aromatic heterocycles. The molecule has 32 heavy (non-hydrogen) atoms. The minimum atomic E-state index is -3.79. The van der Waals surface area contributed by atoms with Gasteiger partial charge in [0.2, 0.25) is 10.0 Å². The van der Waals surface area contributed by atoms with Crippen molar-refractivity contribution in [2.45, 2.75) is 30.7 Å². The lowest BCUT2D eigenvalue weighted by molar-refractivity contribution is 0.186. The maximum atomic E-state index is 13.4. The number of pyridine rings is 1. The molecule has 7 heteroatoms. The van der Waals surface area contributed by atoms with Gasteiger partial charge in [-0.1, -0.05) is 36.4 Å². The van der Waals surface area contributed by atoms with E-state index in [2.05, 4.69) is 0 Å². The van der Waals surface area contributed by atoms with Crippen LogP contribution < -0.4 is 5.56 Å². The van der Waals surface area contributed by atoms with Gasteiger partial charge >= 0.3 is 0 Å². The molecule has 2 aliphatic rings. The van der Waals surface area contributed by atoms with E-state index >= 15 is 0 Å². The van der Waals surface area contributed by atoms with Crippen molar-refractivity contribution in [1.82, 2.24) is 8.87 Å². The van der Waals surface area contributed by atoms with E-state index in [1.165, 1.54) is 16.4 Å². The Bertz CT molecular complexity index is 1420. The Kier molecular flexibility index (Phi) is 5.00. The van der Waals surface area contributed by atoms with Crippen LogP contribution >= 0.6 is 0 Å². The molecule has 0 aliphatic carbocycles. The third kappa shape index (κ3) is 3.27. The summed E-state index contributed by atoms with van der Waals surface area (Å²) in [7, 11) is -3.79. The van der Waals surface area contributed by atoms with Gasteiger partial charge in [0, 0.05) is 36.8 Å². The molecular formula is C25H23N3O3S. The number of nitrogens with zero attached hydrogens (tertiary/aromatic N) is 3. The van der Waals surface area contributed by atoms with E-state index in [0.29, 0.717) is 25.2 Å². The molecule has 2 aliphatic heterocycles. The first-order chi connectivity index (χ1) is 15.4. The molecular weight excluding hydrogens is 422 g/mol. The highest BCUT2D eigenvalue weighted by molar-refractivity contribution is 7.89. The predicted octanol–water partition coefficient (Wildman–Crippen LogP) is 3.50. The number of benzene rings is 2. The van der Waals surface area contributed by atoms with Crippen molar-refractivity contribution in [2.75, 3.05) is 13.1 Å². The molecule has 0 amide bonds. The van der Waals surface area contributed by atoms with Crippen molar-refractivity contribution in [3.8, 4) is 17.2 Å². The summed E-state index contributed by atoms with van der Waals surface area (Å²) in [6, 6.07) is 20.0. The van der Waals surface area contributed by atoms with E-state index in [4.69, 9.17) is 0 Å². The molecule has 3 aromatic rings. The Morgan fingerprint density at radius 1 is 0.938 bits per heavy atom. The molecule has 1 saturated heterocycles. The van der Waals surface area contributed by atoms with Crippen LogP contribution in [0.15, 0.2) is 70.4 Å². The summed E-state index contributed by atoms with van der Waals surface area (Å²) >= 11 is 0. The zero-order valence-corrected chi connectivity index (χ0v) is 18.5. The van der Waals surface area contributed by atoms with E-state index in [-0.39, 0.29) is 27.9 Å². The van der Waals surface area contributed by atoms with Crippen molar-refractivity contribution in [3.05, 3.63) is 87.8 Å². The van der Waals surface area contributed by atoms with Crippen LogP contribution in [0.25, 0.3) is 11.1 Å². The number of sulfonamides is 1. The first-order valence-corrected chi connectivity index (χ1v) is 12.1. The summed E-state index contributed by atoms with van der Waals surface area (Å²) < 4.78 is 30.1. The van der Waals surface area contributed by atoms with E-state index in [1.807, 2.05) is 54.0 Å². The number of aromatic nitrogens is 1. The molecule has 0 N–H and O–H groups in total. The molecule has 5 rings (SSSR count). The molecule has 3 heterocycles. The van der Waals surface area contributed by atoms with Crippen LogP contribution in [0.5, 0.6) is 0 Å². The quantitative estimate of drug-likeness (QED) is 0.618. The van der Waals surface area contributed by atoms with E-state index in [9.17, 15) is 18.5 Å². The second kappa shape index (κ2) is 7.73. The first-order valence-electron chi connectivity index (χ1n) is 10.7. The Labute approximate surface area is 187 Å². The standard InChI is InChI=1S/C25H23N3O3S/c1-17-6-2-4-8-21(17)22-10-11-23-20-12-18(15-28(23)25(22)29)14-27(16-20)32(30,31)24-9-5-3-7-19(24)13-26/h2-11,18,20H,12,14-16H2,1H3/t18-,20+/m0/s1. The molecule has 0 spiro atoms. The van der Waals surface area contributed by atoms with Crippen LogP contribution in [0.2, 0.25) is 0 Å². The maximum absolute atomic E-state index is 13.4. The van der Waals surface area contributed by atoms with Crippen molar-refractivity contribution < 1.29 is 8.42 Å². The van der Waals surface area contributed by atoms with Gasteiger partial charge in [-0.15, -0.1) is 0 Å². The lowest BCUT2D eigenvalue weighted by Crippen LogP contribution is -2.49. The molecule has 2 bridgehead atoms. The predicted molar refractivity (Wildman–Crippen MR) is 122 cm³/mol. The molecule has 162 valence electrons. The summed E-state index contributed by atoms with van der Waals surface area (Å²) in [5, 5.41) is 9.37. The van der Waals surface area contributed by atoms with Gasteiger partial charge in [0.1, 0.15) is 6.07 Å². The van der Waals surface area contributed by atoms with E-state index in [0.717, 1.165) is 23.2 Å². The number of aryl methyl sites for hydroxylation is 1. The minimum Gasteiger partial charge on any atom is -0.311 e. The largest absolute Gasteiger partial charge is 0.311 e. The number of hydrogen-bond acceptors (Lipinski definition) is 4. The molecule has 6 nitrogen and oxygen atoms in total. The van der Waals surface area contributed by atoms with Crippen LogP contribution in [0.4, 0.5) is 0 Å². The number of rotatable bonds is 3. The SMILES string of the molecule is Cc1ccccc1-c1ccc2n(c1=O)C[C@H]1C[C@@H]2CN(S(=O)(=O)c2ccccc2C#N)C1. The van der Waals surface area contributed by atoms with Gasteiger partial charge in [-0.05, 0) is 54.7 Å². The fraction of sp³-hybridized carbons (Fsp3) is 0.280. The topological polar surface area (TPSA) is 83.2 Å². The minimum absolute atomic E-state index is 0.0161. The maximum Gasteiger partial charge on any atom is 0.258 e. The summed E-state index contributed by atoms with van der Waals surface area (Å²) in [6.07, 6.45) is 0.856. The monoisotopic (exact) mass is 445 g/mol. The Balaban J connectivity index is 1.52. The molecule has 0 radical (unpaired) electrons. The molecule has 2 aromatic carbocycles. The highest BCUT2D eigenvalue weighted by atomic mass is 32.2. The third-order valence-electron chi connectivity index (χ3n) is 6.63. The Hall–Kier alpha value is -3.21. The van der Waals surface area contributed by atoms with Crippen LogP contribution in [0, 0.1) is 24.2 Å². The molecule has 1 fully saturated rings. The summed E-state index contributed by atoms with van der Waals surface area (Å²) in [5.41, 5.74) is 3.69. The molecule has 2 atom stereocenters. The summed E-state index contributed by atoms with van der Waals surface area (Å²) in [5.74, 6) is 0.000219. The fourth-order valence-electron chi connectivity index (χ4n) is 5.10. The number of fused-ring (bicyclic) bond motifs is 4.